The van der Waals surface area contributed by atoms with Crippen molar-refractivity contribution in [3.05, 3.63) is 70.8 Å². The number of hydrogen-bond acceptors (Lipinski definition) is 1. The van der Waals surface area contributed by atoms with E-state index in [0.29, 0.717) is 5.56 Å². The van der Waals surface area contributed by atoms with Crippen LogP contribution in [0.15, 0.2) is 48.5 Å². The van der Waals surface area contributed by atoms with Crippen LogP contribution >= 0.6 is 0 Å². The zero-order valence-electron chi connectivity index (χ0n) is 10.6. The van der Waals surface area contributed by atoms with Gasteiger partial charge in [0.15, 0.2) is 0 Å². The summed E-state index contributed by atoms with van der Waals surface area (Å²) in [6.45, 7) is -0.421. The third kappa shape index (κ3) is 3.71. The first-order valence-corrected chi connectivity index (χ1v) is 6.04. The molecule has 0 atom stereocenters. The van der Waals surface area contributed by atoms with E-state index >= 15 is 0 Å². The summed E-state index contributed by atoms with van der Waals surface area (Å²) < 4.78 is 38.2. The Hall–Kier alpha value is -2.07. The fourth-order valence-corrected chi connectivity index (χ4v) is 1.83. The second-order valence-electron chi connectivity index (χ2n) is 4.36. The summed E-state index contributed by atoms with van der Waals surface area (Å²) in [6, 6.07) is 12.8. The summed E-state index contributed by atoms with van der Waals surface area (Å²) in [5.41, 5.74) is 0.799. The van der Waals surface area contributed by atoms with Crippen molar-refractivity contribution in [1.82, 2.24) is 0 Å². The van der Waals surface area contributed by atoms with E-state index in [1.165, 1.54) is 6.07 Å². The number of aliphatic hydroxyl groups is 1. The van der Waals surface area contributed by atoms with E-state index < -0.39 is 18.3 Å². The molecule has 1 nitrogen and oxygen atoms in total. The normalized spacial score (nSPS) is 12.0. The van der Waals surface area contributed by atoms with Gasteiger partial charge in [-0.25, -0.2) is 0 Å². The molecule has 4 heteroatoms. The maximum Gasteiger partial charge on any atom is 0.416 e. The van der Waals surface area contributed by atoms with E-state index in [-0.39, 0.29) is 5.56 Å². The standard InChI is InChI=1S/C16H13F3O/c17-16(18,19)15-9-13(8-14(10-15)11-20)7-6-12-4-2-1-3-5-12/h1-10,20H,11H2/b7-6+. The summed E-state index contributed by atoms with van der Waals surface area (Å²) in [6.07, 6.45) is -1.08. The SMILES string of the molecule is OCc1cc(/C=C/c2ccccc2)cc(C(F)(F)F)c1. The molecular weight excluding hydrogens is 265 g/mol. The Morgan fingerprint density at radius 1 is 0.900 bits per heavy atom. The molecule has 0 heterocycles. The third-order valence-electron chi connectivity index (χ3n) is 2.79. The van der Waals surface area contributed by atoms with E-state index in [1.54, 1.807) is 12.2 Å². The molecule has 2 aromatic carbocycles. The summed E-state index contributed by atoms with van der Waals surface area (Å²) in [7, 11) is 0. The first-order chi connectivity index (χ1) is 9.49. The zero-order chi connectivity index (χ0) is 14.6. The van der Waals surface area contributed by atoms with Crippen LogP contribution in [0.1, 0.15) is 22.3 Å². The highest BCUT2D eigenvalue weighted by atomic mass is 19.4. The lowest BCUT2D eigenvalue weighted by Crippen LogP contribution is -2.06. The van der Waals surface area contributed by atoms with Crippen molar-refractivity contribution in [2.75, 3.05) is 0 Å². The third-order valence-corrected chi connectivity index (χ3v) is 2.79. The van der Waals surface area contributed by atoms with Gasteiger partial charge in [-0.1, -0.05) is 42.5 Å². The summed E-state index contributed by atoms with van der Waals surface area (Å²) in [5.74, 6) is 0. The van der Waals surface area contributed by atoms with E-state index in [4.69, 9.17) is 5.11 Å². The maximum atomic E-state index is 12.7. The number of rotatable bonds is 3. The highest BCUT2D eigenvalue weighted by Gasteiger charge is 2.30. The Labute approximate surface area is 115 Å². The Morgan fingerprint density at radius 2 is 1.55 bits per heavy atom. The predicted octanol–water partition coefficient (Wildman–Crippen LogP) is 4.37. The van der Waals surface area contributed by atoms with Crippen LogP contribution in [-0.2, 0) is 12.8 Å². The fraction of sp³-hybridized carbons (Fsp3) is 0.125. The van der Waals surface area contributed by atoms with Gasteiger partial charge in [-0.2, -0.15) is 13.2 Å². The minimum Gasteiger partial charge on any atom is -0.392 e. The fourth-order valence-electron chi connectivity index (χ4n) is 1.83. The maximum absolute atomic E-state index is 12.7. The quantitative estimate of drug-likeness (QED) is 0.827. The van der Waals surface area contributed by atoms with Crippen LogP contribution in [0.2, 0.25) is 0 Å². The number of aliphatic hydroxyl groups excluding tert-OH is 1. The molecule has 0 aliphatic carbocycles. The van der Waals surface area contributed by atoms with Crippen molar-refractivity contribution in [3.8, 4) is 0 Å². The predicted molar refractivity (Wildman–Crippen MR) is 72.7 cm³/mol. The van der Waals surface area contributed by atoms with Gasteiger partial charge in [-0.3, -0.25) is 0 Å². The average Bonchev–Trinajstić information content (AvgIpc) is 2.45. The van der Waals surface area contributed by atoms with Gasteiger partial charge in [-0.05, 0) is 34.9 Å². The van der Waals surface area contributed by atoms with Crippen LogP contribution in [0, 0.1) is 0 Å². The van der Waals surface area contributed by atoms with Crippen LogP contribution in [0.3, 0.4) is 0 Å². The molecule has 0 amide bonds. The van der Waals surface area contributed by atoms with Gasteiger partial charge in [0, 0.05) is 0 Å². The summed E-state index contributed by atoms with van der Waals surface area (Å²) in [4.78, 5) is 0. The van der Waals surface area contributed by atoms with Crippen molar-refractivity contribution in [2.24, 2.45) is 0 Å². The Kier molecular flexibility index (Phi) is 4.25. The molecule has 0 fully saturated rings. The Bertz CT molecular complexity index is 601. The molecule has 0 aromatic heterocycles. The second kappa shape index (κ2) is 5.92. The van der Waals surface area contributed by atoms with Gasteiger partial charge in [0.05, 0.1) is 12.2 Å². The van der Waals surface area contributed by atoms with Gasteiger partial charge < -0.3 is 5.11 Å². The topological polar surface area (TPSA) is 20.2 Å². The molecule has 0 spiro atoms. The van der Waals surface area contributed by atoms with Crippen LogP contribution in [-0.4, -0.2) is 5.11 Å². The molecule has 0 saturated carbocycles. The van der Waals surface area contributed by atoms with E-state index in [2.05, 4.69) is 0 Å². The van der Waals surface area contributed by atoms with Crippen molar-refractivity contribution in [1.29, 1.82) is 0 Å². The molecule has 0 bridgehead atoms. The van der Waals surface area contributed by atoms with E-state index in [1.807, 2.05) is 30.3 Å². The lowest BCUT2D eigenvalue weighted by atomic mass is 10.0. The van der Waals surface area contributed by atoms with Crippen LogP contribution < -0.4 is 0 Å². The van der Waals surface area contributed by atoms with Crippen molar-refractivity contribution in [2.45, 2.75) is 12.8 Å². The van der Waals surface area contributed by atoms with Gasteiger partial charge in [-0.15, -0.1) is 0 Å². The van der Waals surface area contributed by atoms with E-state index in [0.717, 1.165) is 17.7 Å². The summed E-state index contributed by atoms with van der Waals surface area (Å²) >= 11 is 0. The molecule has 104 valence electrons. The van der Waals surface area contributed by atoms with Gasteiger partial charge in [0.1, 0.15) is 0 Å². The largest absolute Gasteiger partial charge is 0.416 e. The Morgan fingerprint density at radius 3 is 2.15 bits per heavy atom. The minimum atomic E-state index is -4.42. The number of halogens is 3. The Balaban J connectivity index is 2.34. The molecule has 2 rings (SSSR count). The van der Waals surface area contributed by atoms with Gasteiger partial charge >= 0.3 is 6.18 Å². The monoisotopic (exact) mass is 278 g/mol. The molecule has 0 radical (unpaired) electrons. The van der Waals surface area contributed by atoms with Crippen LogP contribution in [0.4, 0.5) is 13.2 Å². The van der Waals surface area contributed by atoms with Gasteiger partial charge in [0.2, 0.25) is 0 Å². The highest BCUT2D eigenvalue weighted by Crippen LogP contribution is 2.31. The molecule has 0 unspecified atom stereocenters. The molecule has 0 aliphatic heterocycles. The lowest BCUT2D eigenvalue weighted by molar-refractivity contribution is -0.137. The van der Waals surface area contributed by atoms with Crippen molar-refractivity contribution in [3.63, 3.8) is 0 Å². The molecule has 0 aliphatic rings. The molecule has 0 saturated heterocycles. The summed E-state index contributed by atoms with van der Waals surface area (Å²) in [5, 5.41) is 9.05. The smallest absolute Gasteiger partial charge is 0.392 e. The first kappa shape index (κ1) is 14.3. The van der Waals surface area contributed by atoms with E-state index in [9.17, 15) is 13.2 Å². The first-order valence-electron chi connectivity index (χ1n) is 6.04. The molecule has 20 heavy (non-hydrogen) atoms. The lowest BCUT2D eigenvalue weighted by Gasteiger charge is -2.09. The van der Waals surface area contributed by atoms with Crippen molar-refractivity contribution < 1.29 is 18.3 Å². The molecule has 2 aromatic rings. The molecular formula is C16H13F3O. The number of benzene rings is 2. The molecule has 1 N–H and O–H groups in total. The second-order valence-corrected chi connectivity index (χ2v) is 4.36. The number of hydrogen-bond donors (Lipinski definition) is 1. The average molecular weight is 278 g/mol. The number of alkyl halides is 3. The highest BCUT2D eigenvalue weighted by molar-refractivity contribution is 5.70. The van der Waals surface area contributed by atoms with Crippen LogP contribution in [0.5, 0.6) is 0 Å². The van der Waals surface area contributed by atoms with Gasteiger partial charge in [0.25, 0.3) is 0 Å². The van der Waals surface area contributed by atoms with Crippen molar-refractivity contribution >= 4 is 12.2 Å². The minimum absolute atomic E-state index is 0.243. The van der Waals surface area contributed by atoms with Crippen LogP contribution in [0.25, 0.3) is 12.2 Å². The zero-order valence-corrected chi connectivity index (χ0v) is 10.6.